The van der Waals surface area contributed by atoms with Crippen molar-refractivity contribution in [1.29, 1.82) is 0 Å². The average Bonchev–Trinajstić information content (AvgIpc) is 2.79. The molecule has 0 atom stereocenters. The number of methoxy groups -OCH3 is 2. The van der Waals surface area contributed by atoms with Crippen LogP contribution in [0.15, 0.2) is 59.5 Å². The first-order valence-electron chi connectivity index (χ1n) is 9.38. The number of hydrogen-bond donors (Lipinski definition) is 2. The summed E-state index contributed by atoms with van der Waals surface area (Å²) in [4.78, 5) is 17.1. The van der Waals surface area contributed by atoms with Crippen molar-refractivity contribution in [1.82, 2.24) is 15.2 Å². The molecule has 9 heteroatoms. The molecule has 2 aromatic carbocycles. The van der Waals surface area contributed by atoms with Gasteiger partial charge in [0.25, 0.3) is 5.56 Å². The number of ether oxygens (including phenoxy) is 2. The van der Waals surface area contributed by atoms with Crippen LogP contribution in [0.25, 0.3) is 33.6 Å². The van der Waals surface area contributed by atoms with Gasteiger partial charge in [-0.05, 0) is 29.8 Å². The highest BCUT2D eigenvalue weighted by atomic mass is 35.5. The van der Waals surface area contributed by atoms with E-state index in [1.165, 1.54) is 32.5 Å². The highest BCUT2D eigenvalue weighted by Gasteiger charge is 2.24. The fourth-order valence-electron chi connectivity index (χ4n) is 3.37. The van der Waals surface area contributed by atoms with Gasteiger partial charge in [-0.15, -0.1) is 0 Å². The third kappa shape index (κ3) is 3.88. The van der Waals surface area contributed by atoms with Gasteiger partial charge in [-0.3, -0.25) is 9.78 Å². The second kappa shape index (κ2) is 8.68. The van der Waals surface area contributed by atoms with Crippen LogP contribution in [-0.4, -0.2) is 34.5 Å². The van der Waals surface area contributed by atoms with Crippen LogP contribution in [0.5, 0.6) is 17.2 Å². The Hall–Kier alpha value is -3.91. The van der Waals surface area contributed by atoms with Gasteiger partial charge in [0.2, 0.25) is 0 Å². The number of nitrogens with zero attached hydrogens (tertiary/aromatic N) is 2. The topological polar surface area (TPSA) is 97.3 Å². The van der Waals surface area contributed by atoms with Crippen molar-refractivity contribution in [2.45, 2.75) is 0 Å². The molecular weight excluding hydrogens is 437 g/mol. The fraction of sp³-hybridized carbons (Fsp3) is 0.0870. The molecule has 0 aliphatic rings. The normalized spacial score (nSPS) is 10.8. The molecule has 0 saturated carbocycles. The number of benzene rings is 2. The molecule has 0 bridgehead atoms. The Morgan fingerprint density at radius 2 is 1.69 bits per heavy atom. The molecule has 4 aromatic rings. The second-order valence-electron chi connectivity index (χ2n) is 6.76. The molecule has 0 saturated heterocycles. The zero-order valence-corrected chi connectivity index (χ0v) is 17.8. The van der Waals surface area contributed by atoms with Crippen molar-refractivity contribution >= 4 is 11.6 Å². The molecule has 162 valence electrons. The van der Waals surface area contributed by atoms with Gasteiger partial charge >= 0.3 is 0 Å². The minimum Gasteiger partial charge on any atom is -0.506 e. The molecule has 2 N–H and O–H groups in total. The van der Waals surface area contributed by atoms with Crippen LogP contribution in [0, 0.1) is 5.82 Å². The third-order valence-electron chi connectivity index (χ3n) is 4.82. The van der Waals surface area contributed by atoms with E-state index in [0.717, 1.165) is 0 Å². The number of hydrogen-bond acceptors (Lipinski definition) is 6. The zero-order valence-electron chi connectivity index (χ0n) is 17.0. The Kier molecular flexibility index (Phi) is 5.79. The van der Waals surface area contributed by atoms with E-state index < -0.39 is 11.4 Å². The molecule has 0 radical (unpaired) electrons. The van der Waals surface area contributed by atoms with E-state index >= 15 is 0 Å². The van der Waals surface area contributed by atoms with Crippen LogP contribution in [0.3, 0.4) is 0 Å². The maximum atomic E-state index is 14.8. The van der Waals surface area contributed by atoms with Gasteiger partial charge in [-0.1, -0.05) is 23.7 Å². The molecular formula is C23H17ClFN3O4. The summed E-state index contributed by atoms with van der Waals surface area (Å²) in [6, 6.07) is 12.3. The van der Waals surface area contributed by atoms with Crippen LogP contribution in [0.2, 0.25) is 5.02 Å². The van der Waals surface area contributed by atoms with Crippen molar-refractivity contribution in [3.8, 4) is 50.9 Å². The predicted molar refractivity (Wildman–Crippen MR) is 119 cm³/mol. The van der Waals surface area contributed by atoms with Gasteiger partial charge < -0.3 is 14.6 Å². The second-order valence-corrected chi connectivity index (χ2v) is 7.16. The zero-order chi connectivity index (χ0) is 22.8. The van der Waals surface area contributed by atoms with Crippen LogP contribution in [-0.2, 0) is 0 Å². The lowest BCUT2D eigenvalue weighted by molar-refractivity contribution is 0.394. The summed E-state index contributed by atoms with van der Waals surface area (Å²) in [7, 11) is 2.98. The summed E-state index contributed by atoms with van der Waals surface area (Å²) in [5.74, 6) is 0.215. The highest BCUT2D eigenvalue weighted by Crippen LogP contribution is 2.41. The highest BCUT2D eigenvalue weighted by molar-refractivity contribution is 6.33. The largest absolute Gasteiger partial charge is 0.506 e. The molecule has 0 spiro atoms. The van der Waals surface area contributed by atoms with Crippen molar-refractivity contribution < 1.29 is 19.0 Å². The molecule has 0 unspecified atom stereocenters. The van der Waals surface area contributed by atoms with Crippen molar-refractivity contribution in [3.05, 3.63) is 75.9 Å². The molecule has 2 heterocycles. The Morgan fingerprint density at radius 1 is 1.00 bits per heavy atom. The summed E-state index contributed by atoms with van der Waals surface area (Å²) in [5.41, 5.74) is 0.633. The van der Waals surface area contributed by atoms with Gasteiger partial charge in [0.05, 0.1) is 36.7 Å². The minimum atomic E-state index is -0.595. The quantitative estimate of drug-likeness (QED) is 0.455. The number of aromatic nitrogens is 3. The van der Waals surface area contributed by atoms with E-state index in [9.17, 15) is 14.3 Å². The van der Waals surface area contributed by atoms with Gasteiger partial charge in [0, 0.05) is 23.3 Å². The maximum Gasteiger partial charge on any atom is 0.274 e. The number of nitrogens with one attached hydrogen (secondary N) is 1. The van der Waals surface area contributed by atoms with E-state index in [4.69, 9.17) is 21.1 Å². The molecule has 2 aromatic heterocycles. The lowest BCUT2D eigenvalue weighted by atomic mass is 9.93. The standard InChI is InChI=1S/C23H17ClFN3O4/c1-31-14-7-12(8-15(10-14)32-2)19-20(22-17(24)9-13(29)11-26-22)23(30)28-27-21(19)16-5-3-4-6-18(16)25/h3-11,29H,1-2H3,(H,28,30). The first-order valence-corrected chi connectivity index (χ1v) is 9.76. The minimum absolute atomic E-state index is 0.0392. The van der Waals surface area contributed by atoms with E-state index in [1.807, 2.05) is 0 Å². The number of aromatic amines is 1. The first kappa shape index (κ1) is 21.3. The monoisotopic (exact) mass is 453 g/mol. The molecule has 4 rings (SSSR count). The lowest BCUT2D eigenvalue weighted by Crippen LogP contribution is -2.15. The van der Waals surface area contributed by atoms with E-state index in [1.54, 1.807) is 36.4 Å². The lowest BCUT2D eigenvalue weighted by Gasteiger charge is -2.16. The molecule has 32 heavy (non-hydrogen) atoms. The fourth-order valence-corrected chi connectivity index (χ4v) is 3.62. The molecule has 0 aliphatic carbocycles. The first-order chi connectivity index (χ1) is 15.4. The molecule has 0 amide bonds. The van der Waals surface area contributed by atoms with Gasteiger partial charge in [-0.25, -0.2) is 9.49 Å². The van der Waals surface area contributed by atoms with Gasteiger partial charge in [-0.2, -0.15) is 5.10 Å². The Bertz CT molecular complexity index is 1350. The van der Waals surface area contributed by atoms with Crippen molar-refractivity contribution in [2.24, 2.45) is 0 Å². The Morgan fingerprint density at radius 3 is 2.31 bits per heavy atom. The number of H-pyrrole nitrogens is 1. The smallest absolute Gasteiger partial charge is 0.274 e. The summed E-state index contributed by atoms with van der Waals surface area (Å²) < 4.78 is 25.5. The maximum absolute atomic E-state index is 14.8. The van der Waals surface area contributed by atoms with Crippen molar-refractivity contribution in [3.63, 3.8) is 0 Å². The number of aromatic hydroxyl groups is 1. The predicted octanol–water partition coefficient (Wildman–Crippen LogP) is 4.68. The summed E-state index contributed by atoms with van der Waals surface area (Å²) >= 11 is 6.32. The van der Waals surface area contributed by atoms with Crippen LogP contribution in [0.1, 0.15) is 0 Å². The molecule has 0 aliphatic heterocycles. The Balaban J connectivity index is 2.16. The van der Waals surface area contributed by atoms with Crippen molar-refractivity contribution in [2.75, 3.05) is 14.2 Å². The van der Waals surface area contributed by atoms with Crippen LogP contribution in [0.4, 0.5) is 4.39 Å². The van der Waals surface area contributed by atoms with E-state index in [0.29, 0.717) is 17.1 Å². The summed E-state index contributed by atoms with van der Waals surface area (Å²) in [6.07, 6.45) is 1.17. The van der Waals surface area contributed by atoms with Crippen LogP contribution >= 0.6 is 11.6 Å². The van der Waals surface area contributed by atoms with E-state index in [-0.39, 0.29) is 38.9 Å². The summed E-state index contributed by atoms with van der Waals surface area (Å²) in [6.45, 7) is 0. The summed E-state index contributed by atoms with van der Waals surface area (Å²) in [5, 5.41) is 16.3. The number of pyridine rings is 1. The number of halogens is 2. The average molecular weight is 454 g/mol. The Labute approximate surface area is 187 Å². The third-order valence-corrected chi connectivity index (χ3v) is 5.10. The van der Waals surface area contributed by atoms with Gasteiger partial charge in [0.1, 0.15) is 28.8 Å². The SMILES string of the molecule is COc1cc(OC)cc(-c2c(-c3ccccc3F)n[nH]c(=O)c2-c2ncc(O)cc2Cl)c1. The number of rotatable bonds is 5. The van der Waals surface area contributed by atoms with Gasteiger partial charge in [0.15, 0.2) is 0 Å². The van der Waals surface area contributed by atoms with Crippen LogP contribution < -0.4 is 15.0 Å². The van der Waals surface area contributed by atoms with E-state index in [2.05, 4.69) is 15.2 Å². The molecule has 0 fully saturated rings. The molecule has 7 nitrogen and oxygen atoms in total.